The Bertz CT molecular complexity index is 1620. The van der Waals surface area contributed by atoms with E-state index in [4.69, 9.17) is 24.2 Å². The Morgan fingerprint density at radius 2 is 1.67 bits per heavy atom. The van der Waals surface area contributed by atoms with Crippen LogP contribution in [0.15, 0.2) is 35.2 Å². The lowest BCUT2D eigenvalue weighted by Gasteiger charge is -2.38. The lowest BCUT2D eigenvalue weighted by Crippen LogP contribution is -2.55. The number of carboxylic acid groups (broad SMARTS) is 1. The quantitative estimate of drug-likeness (QED) is 0.229. The van der Waals surface area contributed by atoms with Gasteiger partial charge in [-0.1, -0.05) is 0 Å². The van der Waals surface area contributed by atoms with E-state index in [0.29, 0.717) is 19.3 Å². The highest BCUT2D eigenvalue weighted by Gasteiger charge is 2.49. The lowest BCUT2D eigenvalue weighted by atomic mass is 9.80. The van der Waals surface area contributed by atoms with Crippen LogP contribution in [-0.2, 0) is 38.7 Å². The molecule has 1 aliphatic heterocycles. The maximum Gasteiger partial charge on any atom is 0.527 e. The molecule has 2 aromatic rings. The fourth-order valence-electron chi connectivity index (χ4n) is 5.05. The molecule has 1 aromatic heterocycles. The zero-order valence-electron chi connectivity index (χ0n) is 26.5. The molecule has 0 spiro atoms. The van der Waals surface area contributed by atoms with Crippen LogP contribution in [0.1, 0.15) is 56.4 Å². The Kier molecular flexibility index (Phi) is 11.6. The number of primary sulfonamides is 1. The van der Waals surface area contributed by atoms with Crippen LogP contribution in [0.3, 0.4) is 0 Å². The average molecular weight is 695 g/mol. The molecule has 0 radical (unpaired) electrons. The average Bonchev–Trinajstić information content (AvgIpc) is 3.44. The van der Waals surface area contributed by atoms with Crippen LogP contribution in [0.2, 0.25) is 0 Å². The molecule has 2 heterocycles. The van der Waals surface area contributed by atoms with Crippen molar-refractivity contribution in [3.63, 3.8) is 0 Å². The summed E-state index contributed by atoms with van der Waals surface area (Å²) in [6, 6.07) is 5.23. The molecule has 1 saturated heterocycles. The SMILES string of the molecule is CCOC(=O)ON1CCN(C(=O)[C@H](CCC(=O)O)NC(=O)c2cc(OC3(C(=O)OCC)CCC3)n(-c3ccc(S(N)(=O)=O)cc3)n2)CC1. The number of benzene rings is 1. The first-order chi connectivity index (χ1) is 22.8. The molecule has 48 heavy (non-hydrogen) atoms. The number of piperazine rings is 1. The Hall–Kier alpha value is -4.75. The number of carbonyl (C=O) groups excluding carboxylic acids is 4. The minimum atomic E-state index is -4.01. The number of sulfonamides is 1. The molecular weight excluding hydrogens is 656 g/mol. The Balaban J connectivity index is 1.58. The van der Waals surface area contributed by atoms with Gasteiger partial charge in [0.25, 0.3) is 5.91 Å². The van der Waals surface area contributed by atoms with E-state index in [1.54, 1.807) is 13.8 Å². The van der Waals surface area contributed by atoms with Gasteiger partial charge in [0.15, 0.2) is 5.69 Å². The second kappa shape index (κ2) is 15.4. The zero-order valence-corrected chi connectivity index (χ0v) is 27.3. The number of rotatable bonds is 14. The van der Waals surface area contributed by atoms with E-state index < -0.39 is 58.0 Å². The third-order valence-corrected chi connectivity index (χ3v) is 8.62. The smallest absolute Gasteiger partial charge is 0.481 e. The first-order valence-electron chi connectivity index (χ1n) is 15.3. The van der Waals surface area contributed by atoms with Gasteiger partial charge in [0, 0.05) is 25.6 Å². The number of carboxylic acids is 1. The Morgan fingerprint density at radius 1 is 1.02 bits per heavy atom. The number of nitrogens with zero attached hydrogens (tertiary/aromatic N) is 4. The second-order valence-corrected chi connectivity index (χ2v) is 12.5. The molecule has 2 aliphatic rings. The normalized spacial score (nSPS) is 16.6. The van der Waals surface area contributed by atoms with Crippen molar-refractivity contribution < 1.29 is 56.5 Å². The van der Waals surface area contributed by atoms with E-state index >= 15 is 0 Å². The molecule has 18 nitrogen and oxygen atoms in total. The third kappa shape index (κ3) is 8.78. The van der Waals surface area contributed by atoms with Gasteiger partial charge in [0.05, 0.1) is 36.9 Å². The van der Waals surface area contributed by atoms with E-state index in [1.165, 1.54) is 45.0 Å². The molecule has 0 bridgehead atoms. The van der Waals surface area contributed by atoms with Crippen LogP contribution in [0.5, 0.6) is 5.88 Å². The van der Waals surface area contributed by atoms with Crippen LogP contribution < -0.4 is 15.2 Å². The first-order valence-corrected chi connectivity index (χ1v) is 16.8. The number of nitrogens with two attached hydrogens (primary N) is 1. The number of carbonyl (C=O) groups is 5. The van der Waals surface area contributed by atoms with Crippen molar-refractivity contribution >= 4 is 39.9 Å². The van der Waals surface area contributed by atoms with E-state index in [2.05, 4.69) is 10.4 Å². The van der Waals surface area contributed by atoms with Crippen molar-refractivity contribution in [2.24, 2.45) is 5.14 Å². The van der Waals surface area contributed by atoms with Crippen LogP contribution >= 0.6 is 0 Å². The van der Waals surface area contributed by atoms with E-state index in [1.807, 2.05) is 0 Å². The van der Waals surface area contributed by atoms with Gasteiger partial charge in [0.1, 0.15) is 6.04 Å². The van der Waals surface area contributed by atoms with Gasteiger partial charge in [-0.25, -0.2) is 27.8 Å². The van der Waals surface area contributed by atoms with Crippen LogP contribution in [0, 0.1) is 0 Å². The summed E-state index contributed by atoms with van der Waals surface area (Å²) in [7, 11) is -4.01. The molecule has 2 amide bonds. The summed E-state index contributed by atoms with van der Waals surface area (Å²) in [6.07, 6.45) is -0.175. The minimum absolute atomic E-state index is 0.0395. The molecule has 262 valence electrons. The molecule has 19 heteroatoms. The molecule has 1 aromatic carbocycles. The molecule has 0 unspecified atom stereocenters. The standard InChI is InChI=1S/C29H38N6O12S/c1-3-44-27(40)29(12-5-13-29)46-23-18-22(32-35(23)19-6-8-20(9-7-19)48(30,42)43)25(38)31-21(10-11-24(36)37)26(39)33-14-16-34(17-15-33)47-28(41)45-4-2/h6-9,18,21H,3-5,10-17H2,1-2H3,(H,31,38)(H,36,37)(H2,30,42,43)/t21-/m0/s1. The van der Waals surface area contributed by atoms with Gasteiger partial charge >= 0.3 is 18.1 Å². The number of aromatic nitrogens is 2. The van der Waals surface area contributed by atoms with Crippen molar-refractivity contribution in [3.8, 4) is 11.6 Å². The number of hydrogen-bond donors (Lipinski definition) is 3. The summed E-state index contributed by atoms with van der Waals surface area (Å²) in [5.41, 5.74) is -1.31. The molecule has 4 N–H and O–H groups in total. The van der Waals surface area contributed by atoms with Gasteiger partial charge in [0.2, 0.25) is 27.4 Å². The van der Waals surface area contributed by atoms with Gasteiger partial charge in [-0.3, -0.25) is 14.4 Å². The topological polar surface area (TPSA) is 239 Å². The molecule has 1 saturated carbocycles. The summed E-state index contributed by atoms with van der Waals surface area (Å²) in [6.45, 7) is 4.08. The largest absolute Gasteiger partial charge is 0.527 e. The summed E-state index contributed by atoms with van der Waals surface area (Å²) in [4.78, 5) is 69.2. The number of hydrogen-bond acceptors (Lipinski definition) is 13. The maximum absolute atomic E-state index is 13.6. The third-order valence-electron chi connectivity index (χ3n) is 7.69. The Labute approximate surface area is 276 Å². The number of amides is 2. The van der Waals surface area contributed by atoms with Crippen LogP contribution in [-0.4, -0.2) is 114 Å². The van der Waals surface area contributed by atoms with Gasteiger partial charge in [-0.05, 0) is 63.8 Å². The van der Waals surface area contributed by atoms with E-state index in [9.17, 15) is 37.5 Å². The number of nitrogens with one attached hydrogen (secondary N) is 1. The zero-order chi connectivity index (χ0) is 35.1. The lowest BCUT2D eigenvalue weighted by molar-refractivity contribution is -0.170. The van der Waals surface area contributed by atoms with Crippen LogP contribution in [0.4, 0.5) is 4.79 Å². The van der Waals surface area contributed by atoms with E-state index in [0.717, 1.165) is 0 Å². The predicted molar refractivity (Wildman–Crippen MR) is 163 cm³/mol. The number of aliphatic carboxylic acids is 1. The fourth-order valence-corrected chi connectivity index (χ4v) is 5.56. The molecule has 1 atom stereocenters. The maximum atomic E-state index is 13.6. The van der Waals surface area contributed by atoms with E-state index in [-0.39, 0.29) is 68.0 Å². The van der Waals surface area contributed by atoms with Gasteiger partial charge < -0.3 is 34.4 Å². The van der Waals surface area contributed by atoms with Crippen molar-refractivity contribution in [2.75, 3.05) is 39.4 Å². The first kappa shape index (κ1) is 36.1. The summed E-state index contributed by atoms with van der Waals surface area (Å²) in [5.74, 6) is -3.20. The molecule has 2 fully saturated rings. The monoisotopic (exact) mass is 694 g/mol. The van der Waals surface area contributed by atoms with Gasteiger partial charge in [-0.15, -0.1) is 5.06 Å². The van der Waals surface area contributed by atoms with Gasteiger partial charge in [-0.2, -0.15) is 5.10 Å². The number of hydroxylamine groups is 2. The van der Waals surface area contributed by atoms with Crippen molar-refractivity contribution in [3.05, 3.63) is 36.0 Å². The summed E-state index contributed by atoms with van der Waals surface area (Å²) in [5, 5.41) is 22.8. The highest BCUT2D eigenvalue weighted by atomic mass is 32.2. The second-order valence-electron chi connectivity index (χ2n) is 11.0. The Morgan fingerprint density at radius 3 is 2.21 bits per heavy atom. The fraction of sp³-hybridized carbons (Fsp3) is 0.517. The molecule has 1 aliphatic carbocycles. The highest BCUT2D eigenvalue weighted by Crippen LogP contribution is 2.38. The van der Waals surface area contributed by atoms with Crippen molar-refractivity contribution in [2.45, 2.75) is 62.5 Å². The van der Waals surface area contributed by atoms with Crippen molar-refractivity contribution in [1.29, 1.82) is 0 Å². The minimum Gasteiger partial charge on any atom is -0.481 e. The number of ether oxygens (including phenoxy) is 3. The summed E-state index contributed by atoms with van der Waals surface area (Å²) >= 11 is 0. The van der Waals surface area contributed by atoms with Crippen molar-refractivity contribution in [1.82, 2.24) is 25.1 Å². The molecular formula is C29H38N6O12S. The number of esters is 1. The predicted octanol–water partition coefficient (Wildman–Crippen LogP) is 0.580. The highest BCUT2D eigenvalue weighted by molar-refractivity contribution is 7.89. The summed E-state index contributed by atoms with van der Waals surface area (Å²) < 4.78 is 40.9. The van der Waals surface area contributed by atoms with Crippen LogP contribution in [0.25, 0.3) is 5.69 Å². The molecule has 4 rings (SSSR count).